The van der Waals surface area contributed by atoms with Crippen molar-refractivity contribution in [3.63, 3.8) is 0 Å². The number of phenols is 1. The molecular formula is C17H20ClNOS. The Morgan fingerprint density at radius 3 is 2.48 bits per heavy atom. The number of fused-ring (bicyclic) bond motifs is 1. The van der Waals surface area contributed by atoms with Crippen LogP contribution in [-0.4, -0.2) is 30.1 Å². The van der Waals surface area contributed by atoms with Crippen LogP contribution < -0.4 is 0 Å². The molecule has 0 radical (unpaired) electrons. The van der Waals surface area contributed by atoms with E-state index >= 15 is 0 Å². The molecule has 0 saturated carbocycles. The monoisotopic (exact) mass is 321 g/mol. The lowest BCUT2D eigenvalue weighted by atomic mass is 10.0. The predicted octanol–water partition coefficient (Wildman–Crippen LogP) is 4.00. The Morgan fingerprint density at radius 1 is 1.00 bits per heavy atom. The number of hydrogen-bond donors (Lipinski definition) is 1. The molecule has 0 aromatic heterocycles. The van der Waals surface area contributed by atoms with Crippen LogP contribution in [0.25, 0.3) is 0 Å². The van der Waals surface area contributed by atoms with E-state index in [-0.39, 0.29) is 12.4 Å². The zero-order valence-corrected chi connectivity index (χ0v) is 13.7. The van der Waals surface area contributed by atoms with Crippen molar-refractivity contribution in [2.45, 2.75) is 22.6 Å². The SMILES string of the molecule is CN1CCc2ccc(O)c(Sc3ccccc3)c2CC1.Cl. The second-order valence-electron chi connectivity index (χ2n) is 5.27. The lowest BCUT2D eigenvalue weighted by Gasteiger charge is -2.14. The van der Waals surface area contributed by atoms with Gasteiger partial charge >= 0.3 is 0 Å². The van der Waals surface area contributed by atoms with Crippen molar-refractivity contribution in [2.24, 2.45) is 0 Å². The number of nitrogens with zero attached hydrogens (tertiary/aromatic N) is 1. The Hall–Kier alpha value is -1.16. The van der Waals surface area contributed by atoms with E-state index in [0.717, 1.165) is 30.8 Å². The van der Waals surface area contributed by atoms with Gasteiger partial charge in [-0.25, -0.2) is 0 Å². The van der Waals surface area contributed by atoms with Gasteiger partial charge in [-0.1, -0.05) is 36.0 Å². The molecule has 21 heavy (non-hydrogen) atoms. The zero-order valence-electron chi connectivity index (χ0n) is 12.1. The van der Waals surface area contributed by atoms with E-state index in [1.807, 2.05) is 24.3 Å². The summed E-state index contributed by atoms with van der Waals surface area (Å²) in [5.74, 6) is 0.405. The van der Waals surface area contributed by atoms with Crippen LogP contribution in [0.4, 0.5) is 0 Å². The summed E-state index contributed by atoms with van der Waals surface area (Å²) in [5, 5.41) is 10.3. The van der Waals surface area contributed by atoms with Crippen molar-refractivity contribution in [1.82, 2.24) is 4.90 Å². The van der Waals surface area contributed by atoms with E-state index in [9.17, 15) is 5.11 Å². The topological polar surface area (TPSA) is 23.5 Å². The van der Waals surface area contributed by atoms with Crippen LogP contribution in [-0.2, 0) is 12.8 Å². The molecular weight excluding hydrogens is 302 g/mol. The summed E-state index contributed by atoms with van der Waals surface area (Å²) >= 11 is 1.67. The molecule has 0 fully saturated rings. The standard InChI is InChI=1S/C17H19NOS.ClH/c1-18-11-9-13-7-8-16(19)17(15(13)10-12-18)20-14-5-3-2-4-6-14;/h2-8,19H,9-12H2,1H3;1H. The molecule has 1 aliphatic rings. The number of benzene rings is 2. The quantitative estimate of drug-likeness (QED) is 0.904. The van der Waals surface area contributed by atoms with E-state index in [4.69, 9.17) is 0 Å². The number of halogens is 1. The van der Waals surface area contributed by atoms with Gasteiger partial charge in [0.15, 0.2) is 0 Å². The van der Waals surface area contributed by atoms with Gasteiger partial charge in [-0.3, -0.25) is 0 Å². The second kappa shape index (κ2) is 7.21. The minimum Gasteiger partial charge on any atom is -0.507 e. The van der Waals surface area contributed by atoms with Crippen LogP contribution in [0.3, 0.4) is 0 Å². The van der Waals surface area contributed by atoms with E-state index in [2.05, 4.69) is 30.1 Å². The third kappa shape index (κ3) is 3.73. The van der Waals surface area contributed by atoms with Gasteiger partial charge in [0.2, 0.25) is 0 Å². The van der Waals surface area contributed by atoms with Gasteiger partial charge in [-0.15, -0.1) is 12.4 Å². The Labute approximate surface area is 136 Å². The minimum atomic E-state index is 0. The number of phenolic OH excluding ortho intramolecular Hbond substituents is 1. The summed E-state index contributed by atoms with van der Waals surface area (Å²) in [5.41, 5.74) is 2.70. The lowest BCUT2D eigenvalue weighted by Crippen LogP contribution is -2.20. The molecule has 112 valence electrons. The van der Waals surface area contributed by atoms with Crippen molar-refractivity contribution in [3.05, 3.63) is 53.6 Å². The van der Waals surface area contributed by atoms with E-state index < -0.39 is 0 Å². The van der Waals surface area contributed by atoms with Gasteiger partial charge in [-0.05, 0) is 49.2 Å². The summed E-state index contributed by atoms with van der Waals surface area (Å²) in [6, 6.07) is 14.2. The molecule has 4 heteroatoms. The molecule has 0 bridgehead atoms. The molecule has 2 aromatic carbocycles. The molecule has 3 rings (SSSR count). The first-order valence-corrected chi connectivity index (χ1v) is 7.81. The summed E-state index contributed by atoms with van der Waals surface area (Å²) in [6.07, 6.45) is 2.07. The van der Waals surface area contributed by atoms with Crippen LogP contribution in [0.1, 0.15) is 11.1 Å². The smallest absolute Gasteiger partial charge is 0.129 e. The summed E-state index contributed by atoms with van der Waals surface area (Å²) in [7, 11) is 2.16. The maximum Gasteiger partial charge on any atom is 0.129 e. The summed E-state index contributed by atoms with van der Waals surface area (Å²) in [6.45, 7) is 2.14. The van der Waals surface area contributed by atoms with Crippen molar-refractivity contribution >= 4 is 24.2 Å². The zero-order chi connectivity index (χ0) is 13.9. The first kappa shape index (κ1) is 16.2. The van der Waals surface area contributed by atoms with Gasteiger partial charge in [0.25, 0.3) is 0 Å². The fraction of sp³-hybridized carbons (Fsp3) is 0.294. The molecule has 1 heterocycles. The highest BCUT2D eigenvalue weighted by atomic mass is 35.5. The normalized spacial score (nSPS) is 14.9. The fourth-order valence-corrected chi connectivity index (χ4v) is 3.67. The summed E-state index contributed by atoms with van der Waals surface area (Å²) < 4.78 is 0. The Balaban J connectivity index is 0.00000161. The third-order valence-electron chi connectivity index (χ3n) is 3.81. The maximum absolute atomic E-state index is 10.3. The Kier molecular flexibility index (Phi) is 5.57. The minimum absolute atomic E-state index is 0. The van der Waals surface area contributed by atoms with Crippen LogP contribution >= 0.6 is 24.2 Å². The lowest BCUT2D eigenvalue weighted by molar-refractivity contribution is 0.352. The predicted molar refractivity (Wildman–Crippen MR) is 90.8 cm³/mol. The number of likely N-dealkylation sites (N-methyl/N-ethyl adjacent to an activating group) is 1. The van der Waals surface area contributed by atoms with Crippen LogP contribution in [0, 0.1) is 0 Å². The van der Waals surface area contributed by atoms with Crippen LogP contribution in [0.15, 0.2) is 52.3 Å². The van der Waals surface area contributed by atoms with Crippen LogP contribution in [0.5, 0.6) is 5.75 Å². The van der Waals surface area contributed by atoms with E-state index in [0.29, 0.717) is 5.75 Å². The first-order chi connectivity index (χ1) is 9.74. The molecule has 0 spiro atoms. The van der Waals surface area contributed by atoms with Crippen molar-refractivity contribution in [1.29, 1.82) is 0 Å². The average Bonchev–Trinajstić information content (AvgIpc) is 2.66. The first-order valence-electron chi connectivity index (χ1n) is 6.99. The van der Waals surface area contributed by atoms with E-state index in [1.165, 1.54) is 16.0 Å². The molecule has 2 nitrogen and oxygen atoms in total. The maximum atomic E-state index is 10.3. The molecule has 1 aliphatic heterocycles. The highest BCUT2D eigenvalue weighted by Crippen LogP contribution is 2.39. The Morgan fingerprint density at radius 2 is 1.71 bits per heavy atom. The van der Waals surface area contributed by atoms with Gasteiger partial charge in [0, 0.05) is 18.0 Å². The molecule has 1 N–H and O–H groups in total. The van der Waals surface area contributed by atoms with Gasteiger partial charge in [0.05, 0.1) is 4.90 Å². The van der Waals surface area contributed by atoms with Gasteiger partial charge in [-0.2, -0.15) is 0 Å². The number of rotatable bonds is 2. The molecule has 0 aliphatic carbocycles. The molecule has 0 amide bonds. The van der Waals surface area contributed by atoms with Gasteiger partial charge in [0.1, 0.15) is 5.75 Å². The highest BCUT2D eigenvalue weighted by molar-refractivity contribution is 7.99. The highest BCUT2D eigenvalue weighted by Gasteiger charge is 2.18. The average molecular weight is 322 g/mol. The van der Waals surface area contributed by atoms with Crippen LogP contribution in [0.2, 0.25) is 0 Å². The van der Waals surface area contributed by atoms with Crippen molar-refractivity contribution < 1.29 is 5.11 Å². The number of hydrogen-bond acceptors (Lipinski definition) is 3. The fourth-order valence-electron chi connectivity index (χ4n) is 2.61. The molecule has 0 saturated heterocycles. The summed E-state index contributed by atoms with van der Waals surface area (Å²) in [4.78, 5) is 4.56. The van der Waals surface area contributed by atoms with Crippen molar-refractivity contribution in [2.75, 3.05) is 20.1 Å². The largest absolute Gasteiger partial charge is 0.507 e. The molecule has 2 aromatic rings. The Bertz CT molecular complexity index is 603. The third-order valence-corrected chi connectivity index (χ3v) is 4.97. The van der Waals surface area contributed by atoms with Crippen molar-refractivity contribution in [3.8, 4) is 5.75 Å². The molecule has 0 atom stereocenters. The molecule has 0 unspecified atom stereocenters. The second-order valence-corrected chi connectivity index (χ2v) is 6.35. The van der Waals surface area contributed by atoms with E-state index in [1.54, 1.807) is 11.8 Å². The number of aromatic hydroxyl groups is 1. The van der Waals surface area contributed by atoms with Gasteiger partial charge < -0.3 is 10.0 Å².